The maximum atomic E-state index is 15.0. The third-order valence-corrected chi connectivity index (χ3v) is 13.0. The molecular weight excluding hydrogens is 599 g/mol. The first-order chi connectivity index (χ1) is 19.9. The second-order valence-corrected chi connectivity index (χ2v) is 15.4. The summed E-state index contributed by atoms with van der Waals surface area (Å²) >= 11 is 0. The smallest absolute Gasteiger partial charge is 0.337 e. The van der Waals surface area contributed by atoms with Gasteiger partial charge in [-0.15, -0.1) is 0 Å². The molecule has 1 heterocycles. The number of benzene rings is 2. The molecule has 2 aromatic carbocycles. The van der Waals surface area contributed by atoms with Gasteiger partial charge >= 0.3 is 18.0 Å². The summed E-state index contributed by atoms with van der Waals surface area (Å²) in [5.74, 6) is 0.195. The van der Waals surface area contributed by atoms with Crippen LogP contribution in [0.1, 0.15) is 67.7 Å². The van der Waals surface area contributed by atoms with Gasteiger partial charge in [0.15, 0.2) is 9.84 Å². The fourth-order valence-electron chi connectivity index (χ4n) is 8.57. The number of nitrogens with zero attached hydrogens (tertiary/aromatic N) is 1. The van der Waals surface area contributed by atoms with Crippen molar-refractivity contribution >= 4 is 15.7 Å². The summed E-state index contributed by atoms with van der Waals surface area (Å²) in [6.45, 7) is 4.00. The van der Waals surface area contributed by atoms with E-state index in [9.17, 15) is 39.6 Å². The number of likely N-dealkylation sites (tertiary alicyclic amines) is 1. The highest BCUT2D eigenvalue weighted by molar-refractivity contribution is 7.92. The van der Waals surface area contributed by atoms with Gasteiger partial charge < -0.3 is 4.90 Å². The van der Waals surface area contributed by atoms with Gasteiger partial charge in [-0.25, -0.2) is 12.8 Å². The van der Waals surface area contributed by atoms with Crippen molar-refractivity contribution in [2.24, 2.45) is 17.3 Å². The van der Waals surface area contributed by atoms with E-state index < -0.39 is 44.2 Å². The minimum atomic E-state index is -6.29. The zero-order valence-corrected chi connectivity index (χ0v) is 24.5. The topological polar surface area (TPSA) is 54.5 Å². The number of fused-ring (bicyclic) bond motifs is 3. The summed E-state index contributed by atoms with van der Waals surface area (Å²) in [5, 5.41) is 0. The van der Waals surface area contributed by atoms with Crippen LogP contribution in [0.5, 0.6) is 0 Å². The van der Waals surface area contributed by atoms with E-state index in [-0.39, 0.29) is 59.1 Å². The molecule has 2 unspecified atom stereocenters. The Hall–Kier alpha value is -2.63. The van der Waals surface area contributed by atoms with E-state index in [1.54, 1.807) is 24.0 Å². The number of rotatable bonds is 4. The molecule has 2 aromatic rings. The fraction of sp³-hybridized carbons (Fsp3) is 0.581. The summed E-state index contributed by atoms with van der Waals surface area (Å²) in [4.78, 5) is 15.3. The highest BCUT2D eigenvalue weighted by atomic mass is 32.2. The first kappa shape index (κ1) is 30.4. The molecular formula is C31H32F7NO3S. The lowest BCUT2D eigenvalue weighted by Gasteiger charge is -2.57. The normalized spacial score (nSPS) is 30.8. The molecule has 2 atom stereocenters. The number of sulfone groups is 1. The number of hydrogen-bond acceptors (Lipinski definition) is 3. The Kier molecular flexibility index (Phi) is 6.67. The van der Waals surface area contributed by atoms with Crippen LogP contribution in [-0.2, 0) is 31.5 Å². The quantitative estimate of drug-likeness (QED) is 0.332. The first-order valence-electron chi connectivity index (χ1n) is 14.4. The summed E-state index contributed by atoms with van der Waals surface area (Å²) < 4.78 is 124. The predicted octanol–water partition coefficient (Wildman–Crippen LogP) is 7.33. The molecule has 43 heavy (non-hydrogen) atoms. The molecule has 4 aliphatic rings. The molecule has 3 aliphatic carbocycles. The number of halogens is 7. The molecule has 2 saturated carbocycles. The van der Waals surface area contributed by atoms with Crippen LogP contribution in [-0.4, -0.2) is 44.2 Å². The Morgan fingerprint density at radius 3 is 2.07 bits per heavy atom. The SMILES string of the molecule is Cc1ccc(S(=O)(=O)C23CCN(C(=O)C4CC5(CC(C)C5)C4)C2CCc2cc(C(F)(C(F)(F)F)C(F)(F)F)ccc23)cc1. The van der Waals surface area contributed by atoms with E-state index in [1.165, 1.54) is 12.1 Å². The van der Waals surface area contributed by atoms with Gasteiger partial charge in [0.05, 0.1) is 10.9 Å². The number of alkyl halides is 7. The van der Waals surface area contributed by atoms with Crippen molar-refractivity contribution in [1.29, 1.82) is 0 Å². The standard InChI is InChI=1S/C31H32F7NO3S/c1-18-3-7-23(8-4-18)43(41,42)28-11-12-39(26(40)21-16-27(17-21)14-19(2)15-27)25(28)10-5-20-13-22(6-9-24(20)28)29(32,30(33,34)35)31(36,37)38/h3-4,6-9,13,19,21,25H,5,10-12,14-17H2,1-2H3. The van der Waals surface area contributed by atoms with E-state index in [0.29, 0.717) is 18.1 Å². The first-order valence-corrected chi connectivity index (χ1v) is 15.9. The lowest BCUT2D eigenvalue weighted by molar-refractivity contribution is -0.348. The van der Waals surface area contributed by atoms with Gasteiger partial charge in [0, 0.05) is 18.0 Å². The molecule has 1 saturated heterocycles. The number of amides is 1. The summed E-state index contributed by atoms with van der Waals surface area (Å²) in [6, 6.07) is 6.96. The summed E-state index contributed by atoms with van der Waals surface area (Å²) in [5.41, 5.74) is -6.41. The molecule has 1 amide bonds. The van der Waals surface area contributed by atoms with E-state index >= 15 is 4.39 Å². The largest absolute Gasteiger partial charge is 0.435 e. The molecule has 0 bridgehead atoms. The van der Waals surface area contributed by atoms with Gasteiger partial charge in [-0.2, -0.15) is 26.3 Å². The van der Waals surface area contributed by atoms with Gasteiger partial charge in [0.1, 0.15) is 4.75 Å². The number of carbonyl (C=O) groups is 1. The molecule has 4 nitrogen and oxygen atoms in total. The van der Waals surface area contributed by atoms with Gasteiger partial charge in [-0.05, 0) is 86.5 Å². The zero-order chi connectivity index (χ0) is 31.4. The van der Waals surface area contributed by atoms with E-state index in [0.717, 1.165) is 37.3 Å². The van der Waals surface area contributed by atoms with Crippen molar-refractivity contribution in [2.75, 3.05) is 6.54 Å². The Morgan fingerprint density at radius 1 is 0.907 bits per heavy atom. The second-order valence-electron chi connectivity index (χ2n) is 13.2. The van der Waals surface area contributed by atoms with Crippen LogP contribution in [0.4, 0.5) is 30.7 Å². The maximum Gasteiger partial charge on any atom is 0.435 e. The lowest BCUT2D eigenvalue weighted by Crippen LogP contribution is -2.56. The molecule has 12 heteroatoms. The van der Waals surface area contributed by atoms with Gasteiger partial charge in [-0.3, -0.25) is 4.79 Å². The van der Waals surface area contributed by atoms with Crippen molar-refractivity contribution in [1.82, 2.24) is 4.90 Å². The van der Waals surface area contributed by atoms with Crippen LogP contribution in [0.15, 0.2) is 47.4 Å². The predicted molar refractivity (Wildman–Crippen MR) is 143 cm³/mol. The Labute approximate surface area is 245 Å². The van der Waals surface area contributed by atoms with Crippen molar-refractivity contribution < 1.29 is 43.9 Å². The maximum absolute atomic E-state index is 15.0. The molecule has 234 valence electrons. The lowest BCUT2D eigenvalue weighted by atomic mass is 9.48. The molecule has 0 radical (unpaired) electrons. The van der Waals surface area contributed by atoms with Crippen LogP contribution in [0, 0.1) is 24.2 Å². The average Bonchev–Trinajstić information content (AvgIpc) is 3.29. The molecule has 0 aromatic heterocycles. The van der Waals surface area contributed by atoms with Crippen LogP contribution in [0.2, 0.25) is 0 Å². The van der Waals surface area contributed by atoms with Crippen molar-refractivity contribution in [3.63, 3.8) is 0 Å². The minimum absolute atomic E-state index is 0.000493. The van der Waals surface area contributed by atoms with E-state index in [2.05, 4.69) is 6.92 Å². The van der Waals surface area contributed by atoms with Crippen molar-refractivity contribution in [2.45, 2.75) is 92.5 Å². The monoisotopic (exact) mass is 631 g/mol. The average molecular weight is 632 g/mol. The number of hydrogen-bond donors (Lipinski definition) is 0. The van der Waals surface area contributed by atoms with Crippen molar-refractivity contribution in [3.8, 4) is 0 Å². The van der Waals surface area contributed by atoms with Crippen LogP contribution in [0.25, 0.3) is 0 Å². The van der Waals surface area contributed by atoms with Gasteiger partial charge in [-0.1, -0.05) is 42.8 Å². The Bertz CT molecular complexity index is 1540. The Morgan fingerprint density at radius 2 is 1.51 bits per heavy atom. The second kappa shape index (κ2) is 9.44. The van der Waals surface area contributed by atoms with Crippen molar-refractivity contribution in [3.05, 3.63) is 64.7 Å². The molecule has 6 rings (SSSR count). The Balaban J connectivity index is 1.44. The van der Waals surface area contributed by atoms with E-state index in [1.807, 2.05) is 0 Å². The highest BCUT2D eigenvalue weighted by Crippen LogP contribution is 2.62. The molecule has 1 spiro atoms. The third-order valence-electron chi connectivity index (χ3n) is 10.4. The van der Waals surface area contributed by atoms with Gasteiger partial charge in [0.2, 0.25) is 5.91 Å². The fourth-order valence-corrected chi connectivity index (χ4v) is 10.9. The highest BCUT2D eigenvalue weighted by Gasteiger charge is 2.74. The number of carbonyl (C=O) groups excluding carboxylic acids is 1. The summed E-state index contributed by atoms with van der Waals surface area (Å²) in [7, 11) is -4.33. The van der Waals surface area contributed by atoms with Crippen LogP contribution < -0.4 is 0 Å². The molecule has 1 aliphatic heterocycles. The van der Waals surface area contributed by atoms with Gasteiger partial charge in [0.25, 0.3) is 0 Å². The summed E-state index contributed by atoms with van der Waals surface area (Å²) in [6.07, 6.45) is -9.23. The molecule has 3 fully saturated rings. The van der Waals surface area contributed by atoms with Crippen LogP contribution in [0.3, 0.4) is 0 Å². The zero-order valence-electron chi connectivity index (χ0n) is 23.7. The molecule has 0 N–H and O–H groups in total. The van der Waals surface area contributed by atoms with Crippen LogP contribution >= 0.6 is 0 Å². The third kappa shape index (κ3) is 4.20. The number of aryl methyl sites for hydroxylation is 2. The van der Waals surface area contributed by atoms with E-state index in [4.69, 9.17) is 0 Å². The minimum Gasteiger partial charge on any atom is -0.337 e.